The van der Waals surface area contributed by atoms with E-state index in [4.69, 9.17) is 0 Å². The van der Waals surface area contributed by atoms with Crippen molar-refractivity contribution in [1.29, 1.82) is 0 Å². The quantitative estimate of drug-likeness (QED) is 0.385. The number of hydrogen-bond acceptors (Lipinski definition) is 1. The van der Waals surface area contributed by atoms with E-state index in [0.29, 0.717) is 6.07 Å². The van der Waals surface area contributed by atoms with Crippen molar-refractivity contribution in [3.05, 3.63) is 89.2 Å². The van der Waals surface area contributed by atoms with Gasteiger partial charge in [-0.25, -0.2) is 22.0 Å². The first-order valence-electron chi connectivity index (χ1n) is 7.46. The van der Waals surface area contributed by atoms with Crippen molar-refractivity contribution in [2.75, 3.05) is 0 Å². The van der Waals surface area contributed by atoms with Gasteiger partial charge in [0.2, 0.25) is 0 Å². The zero-order chi connectivity index (χ0) is 19.8. The molecule has 0 aromatic heterocycles. The molecule has 0 spiro atoms. The van der Waals surface area contributed by atoms with Gasteiger partial charge in [-0.3, -0.25) is 0 Å². The molecule has 0 radical (unpaired) electrons. The molecule has 8 heteroatoms. The number of alkyl halides is 2. The Morgan fingerprint density at radius 2 is 1.26 bits per heavy atom. The highest BCUT2D eigenvalue weighted by Crippen LogP contribution is 2.37. The van der Waals surface area contributed by atoms with Crippen LogP contribution >= 0.6 is 0 Å². The van der Waals surface area contributed by atoms with Crippen molar-refractivity contribution in [2.45, 2.75) is 6.11 Å². The minimum Gasteiger partial charge on any atom is -0.429 e. The molecule has 0 aliphatic carbocycles. The molecule has 0 bridgehead atoms. The van der Waals surface area contributed by atoms with Crippen LogP contribution in [-0.4, -0.2) is 0 Å². The van der Waals surface area contributed by atoms with E-state index in [2.05, 4.69) is 4.74 Å². The molecule has 0 atom stereocenters. The first-order valence-corrected chi connectivity index (χ1v) is 7.46. The lowest BCUT2D eigenvalue weighted by Gasteiger charge is -2.20. The molecular weight excluding hydrogens is 377 g/mol. The molecule has 3 aromatic rings. The Labute approximate surface area is 148 Å². The minimum absolute atomic E-state index is 0.166. The molecule has 0 amide bonds. The van der Waals surface area contributed by atoms with E-state index in [1.54, 1.807) is 18.2 Å². The first-order chi connectivity index (χ1) is 12.7. The Hall–Kier alpha value is -3.03. The van der Waals surface area contributed by atoms with E-state index < -0.39 is 46.5 Å². The Morgan fingerprint density at radius 1 is 0.667 bits per heavy atom. The van der Waals surface area contributed by atoms with Crippen molar-refractivity contribution in [1.82, 2.24) is 0 Å². The van der Waals surface area contributed by atoms with E-state index >= 15 is 0 Å². The summed E-state index contributed by atoms with van der Waals surface area (Å²) in [7, 11) is 0. The van der Waals surface area contributed by atoms with Gasteiger partial charge in [-0.2, -0.15) is 8.78 Å². The average molecular weight is 386 g/mol. The molecule has 0 aliphatic rings. The van der Waals surface area contributed by atoms with Crippen LogP contribution < -0.4 is 4.74 Å². The third-order valence-electron chi connectivity index (χ3n) is 3.68. The molecule has 0 saturated heterocycles. The van der Waals surface area contributed by atoms with Gasteiger partial charge in [-0.1, -0.05) is 36.4 Å². The molecule has 0 N–H and O–H groups in total. The highest BCUT2D eigenvalue weighted by molar-refractivity contribution is 5.64. The minimum atomic E-state index is -4.48. The maximum absolute atomic E-state index is 14.3. The van der Waals surface area contributed by atoms with Crippen LogP contribution in [0.25, 0.3) is 11.1 Å². The van der Waals surface area contributed by atoms with Gasteiger partial charge in [0.15, 0.2) is 29.1 Å². The van der Waals surface area contributed by atoms with Gasteiger partial charge < -0.3 is 4.74 Å². The second-order valence-corrected chi connectivity index (χ2v) is 5.47. The molecular formula is C19H9F7O. The normalized spacial score (nSPS) is 11.5. The summed E-state index contributed by atoms with van der Waals surface area (Å²) in [5.41, 5.74) is -1.48. The van der Waals surface area contributed by atoms with Crippen molar-refractivity contribution < 1.29 is 35.5 Å². The van der Waals surface area contributed by atoms with Gasteiger partial charge in [0, 0.05) is 17.7 Å². The summed E-state index contributed by atoms with van der Waals surface area (Å²) in [4.78, 5) is 0. The Morgan fingerprint density at radius 3 is 1.85 bits per heavy atom. The van der Waals surface area contributed by atoms with Crippen LogP contribution in [0.4, 0.5) is 30.7 Å². The molecule has 140 valence electrons. The molecule has 0 fully saturated rings. The lowest BCUT2D eigenvalue weighted by Crippen LogP contribution is -2.24. The van der Waals surface area contributed by atoms with Gasteiger partial charge in [-0.15, -0.1) is 0 Å². The SMILES string of the molecule is Fc1cc(OC(F)(F)c2ccc(-c3ccccc3)c(F)c2F)cc(F)c1F. The summed E-state index contributed by atoms with van der Waals surface area (Å²) >= 11 is 0. The Balaban J connectivity index is 1.99. The van der Waals surface area contributed by atoms with Crippen molar-refractivity contribution in [2.24, 2.45) is 0 Å². The van der Waals surface area contributed by atoms with Crippen LogP contribution in [0.15, 0.2) is 54.6 Å². The highest BCUT2D eigenvalue weighted by atomic mass is 19.3. The molecule has 0 saturated carbocycles. The summed E-state index contributed by atoms with van der Waals surface area (Å²) in [6, 6.07) is 9.49. The number of halogens is 7. The van der Waals surface area contributed by atoms with Gasteiger partial charge in [0.1, 0.15) is 11.3 Å². The second kappa shape index (κ2) is 6.94. The average Bonchev–Trinajstić information content (AvgIpc) is 2.62. The largest absolute Gasteiger partial charge is 0.429 e. The summed E-state index contributed by atoms with van der Waals surface area (Å²) in [6.07, 6.45) is -4.48. The van der Waals surface area contributed by atoms with Crippen LogP contribution in [0, 0.1) is 29.1 Å². The summed E-state index contributed by atoms with van der Waals surface area (Å²) in [5.74, 6) is -9.94. The van der Waals surface area contributed by atoms with Gasteiger partial charge in [0.25, 0.3) is 0 Å². The predicted molar refractivity (Wildman–Crippen MR) is 82.6 cm³/mol. The van der Waals surface area contributed by atoms with Crippen LogP contribution in [0.3, 0.4) is 0 Å². The third-order valence-corrected chi connectivity index (χ3v) is 3.68. The van der Waals surface area contributed by atoms with Crippen molar-refractivity contribution in [3.63, 3.8) is 0 Å². The van der Waals surface area contributed by atoms with Crippen LogP contribution in [0.1, 0.15) is 5.56 Å². The lowest BCUT2D eigenvalue weighted by atomic mass is 10.0. The fourth-order valence-electron chi connectivity index (χ4n) is 2.41. The van der Waals surface area contributed by atoms with Gasteiger partial charge in [-0.05, 0) is 11.6 Å². The lowest BCUT2D eigenvalue weighted by molar-refractivity contribution is -0.187. The fraction of sp³-hybridized carbons (Fsp3) is 0.0526. The van der Waals surface area contributed by atoms with Gasteiger partial charge in [0.05, 0.1) is 0 Å². The first kappa shape index (κ1) is 18.8. The molecule has 3 rings (SSSR count). The summed E-state index contributed by atoms with van der Waals surface area (Å²) in [5, 5.41) is 0. The number of hydrogen-bond donors (Lipinski definition) is 0. The molecule has 27 heavy (non-hydrogen) atoms. The highest BCUT2D eigenvalue weighted by Gasteiger charge is 2.39. The summed E-state index contributed by atoms with van der Waals surface area (Å²) in [6.45, 7) is 0. The second-order valence-electron chi connectivity index (χ2n) is 5.47. The Kier molecular flexibility index (Phi) is 4.82. The van der Waals surface area contributed by atoms with E-state index in [1.165, 1.54) is 12.1 Å². The molecule has 0 heterocycles. The van der Waals surface area contributed by atoms with Crippen molar-refractivity contribution >= 4 is 0 Å². The van der Waals surface area contributed by atoms with E-state index in [1.807, 2.05) is 0 Å². The van der Waals surface area contributed by atoms with E-state index in [9.17, 15) is 30.7 Å². The molecule has 0 aliphatic heterocycles. The number of benzene rings is 3. The predicted octanol–water partition coefficient (Wildman–Crippen LogP) is 6.18. The van der Waals surface area contributed by atoms with Crippen molar-refractivity contribution in [3.8, 4) is 16.9 Å². The third kappa shape index (κ3) is 3.60. The molecule has 1 nitrogen and oxygen atoms in total. The molecule has 0 unspecified atom stereocenters. The maximum Gasteiger partial charge on any atom is 0.429 e. The zero-order valence-electron chi connectivity index (χ0n) is 13.3. The maximum atomic E-state index is 14.3. The Bertz CT molecular complexity index is 964. The van der Waals surface area contributed by atoms with E-state index in [-0.39, 0.29) is 23.3 Å². The zero-order valence-corrected chi connectivity index (χ0v) is 13.3. The topological polar surface area (TPSA) is 9.23 Å². The standard InChI is InChI=1S/C19H9F7O/c20-14-8-11(9-15(21)18(14)24)27-19(25,26)13-7-6-12(16(22)17(13)23)10-4-2-1-3-5-10/h1-9H. The van der Waals surface area contributed by atoms with Crippen LogP contribution in [0.5, 0.6) is 5.75 Å². The van der Waals surface area contributed by atoms with Crippen LogP contribution in [0.2, 0.25) is 0 Å². The molecule has 3 aromatic carbocycles. The number of rotatable bonds is 4. The van der Waals surface area contributed by atoms with E-state index in [0.717, 1.165) is 6.07 Å². The smallest absolute Gasteiger partial charge is 0.429 e. The number of ether oxygens (including phenoxy) is 1. The summed E-state index contributed by atoms with van der Waals surface area (Å²) < 4.78 is 100. The monoisotopic (exact) mass is 386 g/mol. The van der Waals surface area contributed by atoms with Crippen LogP contribution in [-0.2, 0) is 6.11 Å². The fourth-order valence-corrected chi connectivity index (χ4v) is 2.41. The van der Waals surface area contributed by atoms with Gasteiger partial charge >= 0.3 is 6.11 Å².